The van der Waals surface area contributed by atoms with Gasteiger partial charge in [0.15, 0.2) is 0 Å². The van der Waals surface area contributed by atoms with Crippen LogP contribution >= 0.6 is 47.8 Å². The van der Waals surface area contributed by atoms with E-state index in [4.69, 9.17) is 0 Å². The SMILES string of the molecule is BrCCCn1c2ccccc2c2cc(Br)cc(Br)c21. The number of rotatable bonds is 3. The smallest absolute Gasteiger partial charge is 0.0636 e. The van der Waals surface area contributed by atoms with Gasteiger partial charge >= 0.3 is 0 Å². The summed E-state index contributed by atoms with van der Waals surface area (Å²) in [6, 6.07) is 12.9. The third-order valence-electron chi connectivity index (χ3n) is 3.30. The Morgan fingerprint density at radius 3 is 2.58 bits per heavy atom. The minimum atomic E-state index is 1.02. The van der Waals surface area contributed by atoms with E-state index >= 15 is 0 Å². The highest BCUT2D eigenvalue weighted by atomic mass is 79.9. The van der Waals surface area contributed by atoms with Crippen LogP contribution in [0.15, 0.2) is 45.3 Å². The zero-order valence-electron chi connectivity index (χ0n) is 10.2. The van der Waals surface area contributed by atoms with Crippen molar-refractivity contribution >= 4 is 69.6 Å². The molecule has 19 heavy (non-hydrogen) atoms. The highest BCUT2D eigenvalue weighted by Gasteiger charge is 2.13. The topological polar surface area (TPSA) is 4.93 Å². The van der Waals surface area contributed by atoms with Crippen molar-refractivity contribution < 1.29 is 0 Å². The molecule has 1 nitrogen and oxygen atoms in total. The summed E-state index contributed by atoms with van der Waals surface area (Å²) in [5.41, 5.74) is 2.59. The second kappa shape index (κ2) is 5.58. The minimum Gasteiger partial charge on any atom is -0.340 e. The van der Waals surface area contributed by atoms with E-state index in [1.165, 1.54) is 21.8 Å². The van der Waals surface area contributed by atoms with Crippen LogP contribution in [-0.4, -0.2) is 9.90 Å². The zero-order valence-corrected chi connectivity index (χ0v) is 14.9. The summed E-state index contributed by atoms with van der Waals surface area (Å²) in [5.74, 6) is 0. The molecular formula is C15H12Br3N. The molecule has 0 unspecified atom stereocenters. The Labute approximate surface area is 137 Å². The van der Waals surface area contributed by atoms with E-state index in [9.17, 15) is 0 Å². The van der Waals surface area contributed by atoms with Gasteiger partial charge in [0.25, 0.3) is 0 Å². The molecular weight excluding hydrogens is 434 g/mol. The van der Waals surface area contributed by atoms with Gasteiger partial charge in [0, 0.05) is 37.1 Å². The van der Waals surface area contributed by atoms with E-state index in [-0.39, 0.29) is 0 Å². The molecule has 1 aromatic heterocycles. The van der Waals surface area contributed by atoms with Crippen molar-refractivity contribution in [2.45, 2.75) is 13.0 Å². The summed E-state index contributed by atoms with van der Waals surface area (Å²) in [6.07, 6.45) is 1.12. The van der Waals surface area contributed by atoms with Gasteiger partial charge in [0.05, 0.1) is 5.52 Å². The number of alkyl halides is 1. The normalized spacial score (nSPS) is 11.5. The fraction of sp³-hybridized carbons (Fsp3) is 0.200. The van der Waals surface area contributed by atoms with Crippen molar-refractivity contribution in [3.8, 4) is 0 Å². The molecule has 1 heterocycles. The Kier molecular flexibility index (Phi) is 4.01. The number of aromatic nitrogens is 1. The van der Waals surface area contributed by atoms with Crippen molar-refractivity contribution in [3.05, 3.63) is 45.3 Å². The molecule has 0 radical (unpaired) electrons. The van der Waals surface area contributed by atoms with Crippen LogP contribution in [0.4, 0.5) is 0 Å². The molecule has 0 N–H and O–H groups in total. The van der Waals surface area contributed by atoms with Crippen LogP contribution in [0.1, 0.15) is 6.42 Å². The number of fused-ring (bicyclic) bond motifs is 3. The van der Waals surface area contributed by atoms with Gasteiger partial charge in [-0.3, -0.25) is 0 Å². The molecule has 0 saturated heterocycles. The van der Waals surface area contributed by atoms with Crippen molar-refractivity contribution in [1.82, 2.24) is 4.57 Å². The predicted molar refractivity (Wildman–Crippen MR) is 93.3 cm³/mol. The Balaban J connectivity index is 2.41. The van der Waals surface area contributed by atoms with E-state index in [1.807, 2.05) is 0 Å². The summed E-state index contributed by atoms with van der Waals surface area (Å²) in [4.78, 5) is 0. The molecule has 4 heteroatoms. The zero-order chi connectivity index (χ0) is 13.4. The maximum Gasteiger partial charge on any atom is 0.0636 e. The standard InChI is InChI=1S/C15H12Br3N/c16-6-3-7-19-14-5-2-1-4-11(14)12-8-10(17)9-13(18)15(12)19/h1-2,4-5,8-9H,3,6-7H2. The third-order valence-corrected chi connectivity index (χ3v) is 4.92. The van der Waals surface area contributed by atoms with Crippen LogP contribution in [0, 0.1) is 0 Å². The lowest BCUT2D eigenvalue weighted by atomic mass is 10.2. The number of halogens is 3. The summed E-state index contributed by atoms with van der Waals surface area (Å²) in [6.45, 7) is 1.02. The molecule has 0 aliphatic heterocycles. The molecule has 3 aromatic rings. The molecule has 2 aromatic carbocycles. The summed E-state index contributed by atoms with van der Waals surface area (Å²) in [7, 11) is 0. The summed E-state index contributed by atoms with van der Waals surface area (Å²) >= 11 is 10.8. The fourth-order valence-corrected chi connectivity index (χ4v) is 4.24. The lowest BCUT2D eigenvalue weighted by Crippen LogP contribution is -1.98. The highest BCUT2D eigenvalue weighted by Crippen LogP contribution is 2.36. The van der Waals surface area contributed by atoms with E-state index in [1.54, 1.807) is 0 Å². The number of nitrogens with zero attached hydrogens (tertiary/aromatic N) is 1. The first-order chi connectivity index (χ1) is 9.22. The number of hydrogen-bond acceptors (Lipinski definition) is 0. The first-order valence-corrected chi connectivity index (χ1v) is 8.85. The number of aryl methyl sites for hydroxylation is 1. The second-order valence-electron chi connectivity index (χ2n) is 4.50. The molecule has 3 rings (SSSR count). The number of hydrogen-bond donors (Lipinski definition) is 0. The highest BCUT2D eigenvalue weighted by molar-refractivity contribution is 9.11. The van der Waals surface area contributed by atoms with Gasteiger partial charge in [0.2, 0.25) is 0 Å². The van der Waals surface area contributed by atoms with Gasteiger partial charge in [0.1, 0.15) is 0 Å². The van der Waals surface area contributed by atoms with Gasteiger partial charge in [-0.1, -0.05) is 50.1 Å². The Hall–Kier alpha value is -0.320. The van der Waals surface area contributed by atoms with Crippen molar-refractivity contribution in [2.24, 2.45) is 0 Å². The summed E-state index contributed by atoms with van der Waals surface area (Å²) in [5, 5.41) is 3.63. The lowest BCUT2D eigenvalue weighted by Gasteiger charge is -2.07. The maximum atomic E-state index is 3.71. The molecule has 0 saturated carbocycles. The van der Waals surface area contributed by atoms with Crippen molar-refractivity contribution in [3.63, 3.8) is 0 Å². The fourth-order valence-electron chi connectivity index (χ4n) is 2.55. The quantitative estimate of drug-likeness (QED) is 0.429. The van der Waals surface area contributed by atoms with E-state index < -0.39 is 0 Å². The van der Waals surface area contributed by atoms with Crippen LogP contribution in [0.3, 0.4) is 0 Å². The second-order valence-corrected chi connectivity index (χ2v) is 7.06. The molecule has 0 aliphatic rings. The van der Waals surface area contributed by atoms with Gasteiger partial charge in [-0.15, -0.1) is 0 Å². The maximum absolute atomic E-state index is 3.71. The van der Waals surface area contributed by atoms with Crippen LogP contribution in [0.25, 0.3) is 21.8 Å². The monoisotopic (exact) mass is 443 g/mol. The molecule has 0 spiro atoms. The van der Waals surface area contributed by atoms with Gasteiger partial charge in [-0.2, -0.15) is 0 Å². The van der Waals surface area contributed by atoms with Gasteiger partial charge in [-0.05, 0) is 40.5 Å². The Morgan fingerprint density at radius 2 is 1.79 bits per heavy atom. The van der Waals surface area contributed by atoms with Gasteiger partial charge < -0.3 is 4.57 Å². The average molecular weight is 446 g/mol. The third kappa shape index (κ3) is 2.39. The lowest BCUT2D eigenvalue weighted by molar-refractivity contribution is 0.731. The molecule has 98 valence electrons. The van der Waals surface area contributed by atoms with Crippen LogP contribution in [0.5, 0.6) is 0 Å². The largest absolute Gasteiger partial charge is 0.340 e. The predicted octanol–water partition coefficient (Wildman–Crippen LogP) is 6.10. The van der Waals surface area contributed by atoms with Crippen LogP contribution in [-0.2, 0) is 6.54 Å². The van der Waals surface area contributed by atoms with Crippen LogP contribution in [0.2, 0.25) is 0 Å². The number of benzene rings is 2. The average Bonchev–Trinajstić information content (AvgIpc) is 2.71. The van der Waals surface area contributed by atoms with E-state index in [0.717, 1.165) is 27.2 Å². The van der Waals surface area contributed by atoms with Crippen molar-refractivity contribution in [2.75, 3.05) is 5.33 Å². The molecule has 0 bridgehead atoms. The molecule has 0 aliphatic carbocycles. The van der Waals surface area contributed by atoms with Gasteiger partial charge in [-0.25, -0.2) is 0 Å². The first-order valence-electron chi connectivity index (χ1n) is 6.14. The van der Waals surface area contributed by atoms with Crippen molar-refractivity contribution in [1.29, 1.82) is 0 Å². The molecule has 0 fully saturated rings. The van der Waals surface area contributed by atoms with Crippen LogP contribution < -0.4 is 0 Å². The minimum absolute atomic E-state index is 1.02. The molecule has 0 atom stereocenters. The Morgan fingerprint density at radius 1 is 1.00 bits per heavy atom. The van der Waals surface area contributed by atoms with E-state index in [2.05, 4.69) is 88.8 Å². The van der Waals surface area contributed by atoms with E-state index in [0.29, 0.717) is 0 Å². The molecule has 0 amide bonds. The number of para-hydroxylation sites is 1. The Bertz CT molecular complexity index is 746. The summed E-state index contributed by atoms with van der Waals surface area (Å²) < 4.78 is 4.65. The first kappa shape index (κ1) is 13.7.